The van der Waals surface area contributed by atoms with E-state index in [1.807, 2.05) is 0 Å². The Morgan fingerprint density at radius 1 is 1.58 bits per heavy atom. The molecule has 0 aromatic carbocycles. The van der Waals surface area contributed by atoms with Crippen LogP contribution >= 0.6 is 11.3 Å². The number of amides is 1. The molecule has 2 N–H and O–H groups in total. The summed E-state index contributed by atoms with van der Waals surface area (Å²) in [6, 6.07) is 0. The molecule has 1 aromatic heterocycles. The van der Waals surface area contributed by atoms with Gasteiger partial charge in [-0.3, -0.25) is 9.59 Å². The van der Waals surface area contributed by atoms with Gasteiger partial charge < -0.3 is 15.2 Å². The van der Waals surface area contributed by atoms with Gasteiger partial charge in [0.05, 0.1) is 24.1 Å². The topological polar surface area (TPSA) is 88.5 Å². The number of nitrogens with zero attached hydrogens (tertiary/aromatic N) is 1. The first kappa shape index (κ1) is 14.0. The minimum atomic E-state index is -0.934. The number of nitrogens with one attached hydrogen (secondary N) is 1. The zero-order valence-electron chi connectivity index (χ0n) is 10.6. The van der Waals surface area contributed by atoms with E-state index in [-0.39, 0.29) is 17.9 Å². The molecule has 1 heterocycles. The number of carboxylic acids is 1. The Morgan fingerprint density at radius 2 is 2.32 bits per heavy atom. The van der Waals surface area contributed by atoms with Gasteiger partial charge in [-0.15, -0.1) is 11.3 Å². The predicted octanol–water partition coefficient (Wildman–Crippen LogP) is 1.67. The van der Waals surface area contributed by atoms with E-state index in [1.54, 1.807) is 12.5 Å². The third kappa shape index (κ3) is 3.51. The predicted molar refractivity (Wildman–Crippen MR) is 70.3 cm³/mol. The van der Waals surface area contributed by atoms with Crippen molar-refractivity contribution in [1.29, 1.82) is 0 Å². The van der Waals surface area contributed by atoms with Crippen LogP contribution in [-0.2, 0) is 20.7 Å². The lowest BCUT2D eigenvalue weighted by Gasteiger charge is -2.39. The summed E-state index contributed by atoms with van der Waals surface area (Å²) in [5, 5.41) is 13.4. The van der Waals surface area contributed by atoms with Gasteiger partial charge in [0.1, 0.15) is 0 Å². The van der Waals surface area contributed by atoms with E-state index >= 15 is 0 Å². The second kappa shape index (κ2) is 5.66. The van der Waals surface area contributed by atoms with Gasteiger partial charge in [-0.2, -0.15) is 0 Å². The molecule has 1 aliphatic rings. The number of thiazole rings is 1. The quantitative estimate of drug-likeness (QED) is 0.829. The van der Waals surface area contributed by atoms with Gasteiger partial charge in [0.2, 0.25) is 5.91 Å². The van der Waals surface area contributed by atoms with E-state index in [0.29, 0.717) is 17.2 Å². The number of rotatable bonds is 6. The molecular formula is C12H16N2O4S. The third-order valence-corrected chi connectivity index (χ3v) is 4.12. The van der Waals surface area contributed by atoms with E-state index in [1.165, 1.54) is 11.3 Å². The van der Waals surface area contributed by atoms with Gasteiger partial charge in [-0.25, -0.2) is 4.98 Å². The summed E-state index contributed by atoms with van der Waals surface area (Å²) in [7, 11) is 1.63. The molecule has 0 atom stereocenters. The lowest BCUT2D eigenvalue weighted by molar-refractivity contribution is -0.136. The molecule has 0 unspecified atom stereocenters. The first-order valence-corrected chi connectivity index (χ1v) is 6.92. The van der Waals surface area contributed by atoms with Gasteiger partial charge in [0, 0.05) is 12.5 Å². The highest BCUT2D eigenvalue weighted by Crippen LogP contribution is 2.38. The van der Waals surface area contributed by atoms with Crippen LogP contribution in [0, 0.1) is 0 Å². The summed E-state index contributed by atoms with van der Waals surface area (Å²) in [5.41, 5.74) is 0.142. The maximum absolute atomic E-state index is 11.9. The van der Waals surface area contributed by atoms with Gasteiger partial charge in [0.15, 0.2) is 5.13 Å². The molecule has 1 aliphatic carbocycles. The highest BCUT2D eigenvalue weighted by Gasteiger charge is 2.39. The van der Waals surface area contributed by atoms with Crippen molar-refractivity contribution in [3.05, 3.63) is 11.1 Å². The maximum Gasteiger partial charge on any atom is 0.309 e. The number of hydrogen-bond acceptors (Lipinski definition) is 5. The van der Waals surface area contributed by atoms with Crippen molar-refractivity contribution < 1.29 is 19.4 Å². The monoisotopic (exact) mass is 284 g/mol. The summed E-state index contributed by atoms with van der Waals surface area (Å²) in [6.45, 7) is 0. The number of aromatic nitrogens is 1. The maximum atomic E-state index is 11.9. The molecule has 1 fully saturated rings. The van der Waals surface area contributed by atoms with Crippen LogP contribution in [0.1, 0.15) is 31.4 Å². The molecule has 0 aliphatic heterocycles. The number of carbonyl (C=O) groups excluding carboxylic acids is 1. The number of hydrogen-bond donors (Lipinski definition) is 2. The zero-order valence-corrected chi connectivity index (χ0v) is 11.5. The molecule has 0 bridgehead atoms. The fraction of sp³-hybridized carbons (Fsp3) is 0.583. The highest BCUT2D eigenvalue weighted by atomic mass is 32.1. The molecule has 2 rings (SSSR count). The largest absolute Gasteiger partial charge is 0.481 e. The number of anilines is 1. The van der Waals surface area contributed by atoms with Crippen molar-refractivity contribution in [1.82, 2.24) is 4.98 Å². The standard InChI is InChI=1S/C12H16N2O4S/c1-18-12(3-2-4-12)6-9(15)14-11-13-8(7-19-11)5-10(16)17/h7H,2-6H2,1H3,(H,16,17)(H,13,14,15). The summed E-state index contributed by atoms with van der Waals surface area (Å²) in [6.07, 6.45) is 3.07. The minimum absolute atomic E-state index is 0.131. The van der Waals surface area contributed by atoms with Gasteiger partial charge in [0.25, 0.3) is 0 Å². The highest BCUT2D eigenvalue weighted by molar-refractivity contribution is 7.13. The second-order valence-electron chi connectivity index (χ2n) is 4.68. The van der Waals surface area contributed by atoms with Crippen LogP contribution in [0.25, 0.3) is 0 Å². The molecule has 0 radical (unpaired) electrons. The Hall–Kier alpha value is -1.47. The number of methoxy groups -OCH3 is 1. The third-order valence-electron chi connectivity index (χ3n) is 3.31. The molecule has 0 spiro atoms. The molecule has 7 heteroatoms. The van der Waals surface area contributed by atoms with Crippen molar-refractivity contribution in [2.45, 2.75) is 37.7 Å². The summed E-state index contributed by atoms with van der Waals surface area (Å²) in [5.74, 6) is -1.08. The molecule has 1 saturated carbocycles. The van der Waals surface area contributed by atoms with Gasteiger partial charge in [-0.05, 0) is 19.3 Å². The Balaban J connectivity index is 1.88. The lowest BCUT2D eigenvalue weighted by atomic mass is 9.77. The Labute approximate surface area is 114 Å². The Morgan fingerprint density at radius 3 is 2.84 bits per heavy atom. The molecule has 6 nitrogen and oxygen atoms in total. The van der Waals surface area contributed by atoms with Crippen LogP contribution in [0.3, 0.4) is 0 Å². The second-order valence-corrected chi connectivity index (χ2v) is 5.54. The Bertz CT molecular complexity index is 476. The van der Waals surface area contributed by atoms with Crippen LogP contribution in [0.4, 0.5) is 5.13 Å². The summed E-state index contributed by atoms with van der Waals surface area (Å²) in [4.78, 5) is 26.5. The average Bonchev–Trinajstić information content (AvgIpc) is 2.70. The molecule has 1 amide bonds. The smallest absolute Gasteiger partial charge is 0.309 e. The van der Waals surface area contributed by atoms with Crippen LogP contribution in [-0.4, -0.2) is 34.7 Å². The van der Waals surface area contributed by atoms with Crippen molar-refractivity contribution in [3.8, 4) is 0 Å². The molecule has 104 valence electrons. The van der Waals surface area contributed by atoms with Gasteiger partial charge in [-0.1, -0.05) is 0 Å². The zero-order chi connectivity index (χ0) is 13.9. The summed E-state index contributed by atoms with van der Waals surface area (Å²) >= 11 is 1.23. The molecule has 0 saturated heterocycles. The van der Waals surface area contributed by atoms with Crippen molar-refractivity contribution in [2.24, 2.45) is 0 Å². The van der Waals surface area contributed by atoms with Crippen LogP contribution in [0.2, 0.25) is 0 Å². The number of ether oxygens (including phenoxy) is 1. The fourth-order valence-electron chi connectivity index (χ4n) is 2.08. The minimum Gasteiger partial charge on any atom is -0.481 e. The molecule has 19 heavy (non-hydrogen) atoms. The number of aliphatic carboxylic acids is 1. The van der Waals surface area contributed by atoms with Crippen molar-refractivity contribution in [3.63, 3.8) is 0 Å². The van der Waals surface area contributed by atoms with E-state index in [0.717, 1.165) is 19.3 Å². The Kier molecular flexibility index (Phi) is 4.16. The van der Waals surface area contributed by atoms with E-state index in [4.69, 9.17) is 9.84 Å². The SMILES string of the molecule is COC1(CC(=O)Nc2nc(CC(=O)O)cs2)CCC1. The lowest BCUT2D eigenvalue weighted by Crippen LogP contribution is -2.42. The summed E-state index contributed by atoms with van der Waals surface area (Å²) < 4.78 is 5.38. The number of carbonyl (C=O) groups is 2. The van der Waals surface area contributed by atoms with Crippen molar-refractivity contribution >= 4 is 28.3 Å². The van der Waals surface area contributed by atoms with Crippen LogP contribution < -0.4 is 5.32 Å². The van der Waals surface area contributed by atoms with E-state index < -0.39 is 5.97 Å². The van der Waals surface area contributed by atoms with Crippen LogP contribution in [0.5, 0.6) is 0 Å². The number of carboxylic acid groups (broad SMARTS) is 1. The van der Waals surface area contributed by atoms with E-state index in [9.17, 15) is 9.59 Å². The first-order chi connectivity index (χ1) is 9.03. The van der Waals surface area contributed by atoms with Gasteiger partial charge >= 0.3 is 5.97 Å². The average molecular weight is 284 g/mol. The molecule has 1 aromatic rings. The fourth-order valence-corrected chi connectivity index (χ4v) is 2.81. The van der Waals surface area contributed by atoms with E-state index in [2.05, 4.69) is 10.3 Å². The van der Waals surface area contributed by atoms with Crippen LogP contribution in [0.15, 0.2) is 5.38 Å². The first-order valence-electron chi connectivity index (χ1n) is 6.04. The molecular weight excluding hydrogens is 268 g/mol. The normalized spacial score (nSPS) is 16.7. The van der Waals surface area contributed by atoms with Crippen molar-refractivity contribution in [2.75, 3.05) is 12.4 Å².